The van der Waals surface area contributed by atoms with E-state index in [0.717, 1.165) is 12.8 Å². The third-order valence-electron chi connectivity index (χ3n) is 2.57. The summed E-state index contributed by atoms with van der Waals surface area (Å²) in [6, 6.07) is 0. The van der Waals surface area contributed by atoms with Gasteiger partial charge in [0.15, 0.2) is 15.7 Å². The Hall–Kier alpha value is -0.430. The maximum absolute atomic E-state index is 11.7. The van der Waals surface area contributed by atoms with E-state index in [2.05, 4.69) is 26.1 Å². The van der Waals surface area contributed by atoms with E-state index >= 15 is 0 Å². The Kier molecular flexibility index (Phi) is 3.11. The number of sulfone groups is 1. The van der Waals surface area contributed by atoms with Gasteiger partial charge in [0.2, 0.25) is 0 Å². The normalized spacial score (nSPS) is 25.3. The average molecular weight is 295 g/mol. The third kappa shape index (κ3) is 2.57. The summed E-state index contributed by atoms with van der Waals surface area (Å²) in [6.07, 6.45) is 2.80. The van der Waals surface area contributed by atoms with Crippen LogP contribution in [0.1, 0.15) is 25.1 Å². The molecule has 1 aliphatic heterocycles. The molecule has 7 heteroatoms. The largest absolute Gasteiger partial charge is 0.327 e. The SMILES string of the molecule is O=S1(=O)CCCCC1Cc1noc(Br)n1. The lowest BCUT2D eigenvalue weighted by Gasteiger charge is -2.20. The summed E-state index contributed by atoms with van der Waals surface area (Å²) in [4.78, 5) is 4.24. The van der Waals surface area contributed by atoms with Gasteiger partial charge in [-0.05, 0) is 12.8 Å². The molecule has 0 aliphatic carbocycles. The van der Waals surface area contributed by atoms with Gasteiger partial charge < -0.3 is 4.52 Å². The van der Waals surface area contributed by atoms with Crippen LogP contribution in [0.15, 0.2) is 9.32 Å². The van der Waals surface area contributed by atoms with Gasteiger partial charge in [-0.2, -0.15) is 4.98 Å². The highest BCUT2D eigenvalue weighted by atomic mass is 79.9. The van der Waals surface area contributed by atoms with E-state index < -0.39 is 9.84 Å². The lowest BCUT2D eigenvalue weighted by atomic mass is 10.1. The van der Waals surface area contributed by atoms with E-state index in [-0.39, 0.29) is 11.0 Å². The Labute approximate surface area is 96.3 Å². The van der Waals surface area contributed by atoms with Crippen LogP contribution >= 0.6 is 15.9 Å². The quantitative estimate of drug-likeness (QED) is 0.823. The molecule has 2 heterocycles. The van der Waals surface area contributed by atoms with Gasteiger partial charge in [-0.1, -0.05) is 11.6 Å². The first-order valence-corrected chi connectivity index (χ1v) is 7.28. The maximum Gasteiger partial charge on any atom is 0.293 e. The highest BCUT2D eigenvalue weighted by molar-refractivity contribution is 9.10. The van der Waals surface area contributed by atoms with Crippen molar-refractivity contribution in [3.63, 3.8) is 0 Å². The number of hydrogen-bond donors (Lipinski definition) is 0. The molecule has 1 fully saturated rings. The third-order valence-corrected chi connectivity index (χ3v) is 5.16. The van der Waals surface area contributed by atoms with Gasteiger partial charge in [0, 0.05) is 22.4 Å². The van der Waals surface area contributed by atoms with Crippen LogP contribution in [-0.4, -0.2) is 29.6 Å². The minimum Gasteiger partial charge on any atom is -0.327 e. The summed E-state index contributed by atoms with van der Waals surface area (Å²) in [6.45, 7) is 0. The first kappa shape index (κ1) is 11.1. The molecular weight excluding hydrogens is 284 g/mol. The van der Waals surface area contributed by atoms with E-state index in [4.69, 9.17) is 4.52 Å². The fourth-order valence-electron chi connectivity index (χ4n) is 1.77. The molecule has 0 radical (unpaired) electrons. The summed E-state index contributed by atoms with van der Waals surface area (Å²) in [5.41, 5.74) is 0. The summed E-state index contributed by atoms with van der Waals surface area (Å²) in [5.74, 6) is 0.744. The molecule has 1 atom stereocenters. The number of rotatable bonds is 2. The Balaban J connectivity index is 2.11. The molecule has 0 N–H and O–H groups in total. The molecule has 84 valence electrons. The maximum atomic E-state index is 11.7. The molecule has 0 aromatic carbocycles. The Bertz CT molecular complexity index is 442. The van der Waals surface area contributed by atoms with Crippen molar-refractivity contribution >= 4 is 25.8 Å². The molecule has 0 bridgehead atoms. The molecule has 0 amide bonds. The molecule has 5 nitrogen and oxygen atoms in total. The molecule has 0 spiro atoms. The van der Waals surface area contributed by atoms with Crippen LogP contribution in [-0.2, 0) is 16.3 Å². The van der Waals surface area contributed by atoms with Crippen LogP contribution in [0, 0.1) is 0 Å². The molecule has 0 saturated carbocycles. The lowest BCUT2D eigenvalue weighted by Crippen LogP contribution is -2.30. The number of hydrogen-bond acceptors (Lipinski definition) is 5. The topological polar surface area (TPSA) is 73.1 Å². The van der Waals surface area contributed by atoms with Crippen LogP contribution < -0.4 is 0 Å². The predicted octanol–water partition coefficient (Wildman–Crippen LogP) is 1.34. The molecule has 1 aromatic heterocycles. The summed E-state index contributed by atoms with van der Waals surface area (Å²) < 4.78 is 28.1. The van der Waals surface area contributed by atoms with E-state index in [1.54, 1.807) is 0 Å². The van der Waals surface area contributed by atoms with Gasteiger partial charge in [0.25, 0.3) is 4.80 Å². The van der Waals surface area contributed by atoms with Crippen LogP contribution in [0.4, 0.5) is 0 Å². The lowest BCUT2D eigenvalue weighted by molar-refractivity contribution is 0.389. The highest BCUT2D eigenvalue weighted by Crippen LogP contribution is 2.22. The van der Waals surface area contributed by atoms with E-state index in [9.17, 15) is 8.42 Å². The predicted molar refractivity (Wildman–Crippen MR) is 57.1 cm³/mol. The molecule has 1 aliphatic rings. The Morgan fingerprint density at radius 2 is 2.27 bits per heavy atom. The first-order valence-electron chi connectivity index (χ1n) is 4.77. The average Bonchev–Trinajstić information content (AvgIpc) is 2.55. The van der Waals surface area contributed by atoms with Crippen molar-refractivity contribution in [2.45, 2.75) is 30.9 Å². The molecular formula is C8H11BrN2O3S. The zero-order valence-electron chi connectivity index (χ0n) is 8.02. The molecule has 1 aromatic rings. The van der Waals surface area contributed by atoms with Gasteiger partial charge in [0.1, 0.15) is 0 Å². The van der Waals surface area contributed by atoms with Crippen LogP contribution in [0.25, 0.3) is 0 Å². The Morgan fingerprint density at radius 1 is 1.47 bits per heavy atom. The second kappa shape index (κ2) is 4.21. The Morgan fingerprint density at radius 3 is 2.87 bits per heavy atom. The fourth-order valence-corrected chi connectivity index (χ4v) is 3.92. The zero-order chi connectivity index (χ0) is 10.9. The summed E-state index contributed by atoms with van der Waals surface area (Å²) in [5, 5.41) is 3.34. The second-order valence-corrected chi connectivity index (χ2v) is 6.73. The van der Waals surface area contributed by atoms with Crippen LogP contribution in [0.2, 0.25) is 0 Å². The van der Waals surface area contributed by atoms with Crippen molar-refractivity contribution in [3.05, 3.63) is 10.6 Å². The number of halogens is 1. The number of nitrogens with zero attached hydrogens (tertiary/aromatic N) is 2. The standard InChI is InChI=1S/C8H11BrN2O3S/c9-8-10-7(11-14-8)5-6-3-1-2-4-15(6,12)13/h6H,1-5H2. The van der Waals surface area contributed by atoms with Gasteiger partial charge in [-0.15, -0.1) is 0 Å². The molecule has 1 saturated heterocycles. The van der Waals surface area contributed by atoms with Gasteiger partial charge >= 0.3 is 0 Å². The monoisotopic (exact) mass is 294 g/mol. The molecule has 2 rings (SSSR count). The molecule has 15 heavy (non-hydrogen) atoms. The van der Waals surface area contributed by atoms with E-state index in [1.165, 1.54) is 0 Å². The van der Waals surface area contributed by atoms with E-state index in [1.807, 2.05) is 0 Å². The zero-order valence-corrected chi connectivity index (χ0v) is 10.4. The minimum atomic E-state index is -2.95. The van der Waals surface area contributed by atoms with Crippen LogP contribution in [0.3, 0.4) is 0 Å². The fraction of sp³-hybridized carbons (Fsp3) is 0.750. The minimum absolute atomic E-state index is 0.288. The highest BCUT2D eigenvalue weighted by Gasteiger charge is 2.30. The van der Waals surface area contributed by atoms with Crippen molar-refractivity contribution in [1.29, 1.82) is 0 Å². The summed E-state index contributed by atoms with van der Waals surface area (Å²) in [7, 11) is -2.95. The van der Waals surface area contributed by atoms with Crippen molar-refractivity contribution in [2.24, 2.45) is 0 Å². The number of aromatic nitrogens is 2. The summed E-state index contributed by atoms with van der Waals surface area (Å²) >= 11 is 3.04. The van der Waals surface area contributed by atoms with Crippen LogP contribution in [0.5, 0.6) is 0 Å². The molecule has 1 unspecified atom stereocenters. The van der Waals surface area contributed by atoms with Gasteiger partial charge in [0.05, 0.1) is 11.0 Å². The van der Waals surface area contributed by atoms with Crippen molar-refractivity contribution in [3.8, 4) is 0 Å². The van der Waals surface area contributed by atoms with E-state index in [0.29, 0.717) is 23.5 Å². The van der Waals surface area contributed by atoms with Crippen molar-refractivity contribution < 1.29 is 12.9 Å². The smallest absolute Gasteiger partial charge is 0.293 e. The van der Waals surface area contributed by atoms with Gasteiger partial charge in [-0.3, -0.25) is 0 Å². The van der Waals surface area contributed by atoms with Crippen molar-refractivity contribution in [1.82, 2.24) is 10.1 Å². The first-order chi connectivity index (χ1) is 7.08. The van der Waals surface area contributed by atoms with Crippen molar-refractivity contribution in [2.75, 3.05) is 5.75 Å². The second-order valence-electron chi connectivity index (χ2n) is 3.65. The van der Waals surface area contributed by atoms with Gasteiger partial charge in [-0.25, -0.2) is 8.42 Å².